The Labute approximate surface area is 111 Å². The minimum Gasteiger partial charge on any atom is -0.509 e. The first-order chi connectivity index (χ1) is 9.11. The topological polar surface area (TPSA) is 82.1 Å². The van der Waals surface area contributed by atoms with Crippen molar-refractivity contribution in [2.75, 3.05) is 27.4 Å². The van der Waals surface area contributed by atoms with Crippen LogP contribution < -0.4 is 0 Å². The number of methoxy groups -OCH3 is 2. The minimum atomic E-state index is -0.827. The zero-order valence-corrected chi connectivity index (χ0v) is 10.8. The molecule has 0 unspecified atom stereocenters. The fourth-order valence-electron chi connectivity index (χ4n) is 1.50. The van der Waals surface area contributed by atoms with Gasteiger partial charge in [0.15, 0.2) is 0 Å². The molecule has 6 nitrogen and oxygen atoms in total. The Hall–Kier alpha value is -2.08. The Morgan fingerprint density at radius 1 is 1.26 bits per heavy atom. The summed E-state index contributed by atoms with van der Waals surface area (Å²) in [6, 6.07) is 0. The SMILES string of the molecule is COC(=O)C1=CC=CCCOCC(O)=C1C(=O)OC. The van der Waals surface area contributed by atoms with Gasteiger partial charge in [0.05, 0.1) is 26.4 Å². The fourth-order valence-corrected chi connectivity index (χ4v) is 1.50. The largest absolute Gasteiger partial charge is 0.509 e. The van der Waals surface area contributed by atoms with E-state index in [2.05, 4.69) is 9.47 Å². The molecule has 0 aliphatic carbocycles. The van der Waals surface area contributed by atoms with Crippen LogP contribution in [-0.4, -0.2) is 44.5 Å². The molecule has 0 fully saturated rings. The molecule has 0 atom stereocenters. The normalized spacial score (nSPS) is 16.6. The molecule has 6 heteroatoms. The Kier molecular flexibility index (Phi) is 5.81. The van der Waals surface area contributed by atoms with E-state index in [1.54, 1.807) is 12.2 Å². The monoisotopic (exact) mass is 268 g/mol. The first-order valence-corrected chi connectivity index (χ1v) is 5.65. The molecule has 0 aromatic carbocycles. The van der Waals surface area contributed by atoms with Crippen LogP contribution in [0.15, 0.2) is 35.1 Å². The highest BCUT2D eigenvalue weighted by atomic mass is 16.5. The van der Waals surface area contributed by atoms with Crippen LogP contribution in [0.3, 0.4) is 0 Å². The molecule has 0 spiro atoms. The molecule has 1 aliphatic rings. The van der Waals surface area contributed by atoms with Crippen LogP contribution in [0.1, 0.15) is 6.42 Å². The highest BCUT2D eigenvalue weighted by Crippen LogP contribution is 2.18. The van der Waals surface area contributed by atoms with Crippen LogP contribution in [0, 0.1) is 0 Å². The molecule has 1 aliphatic heterocycles. The highest BCUT2D eigenvalue weighted by molar-refractivity contribution is 6.07. The summed E-state index contributed by atoms with van der Waals surface area (Å²) in [6.07, 6.45) is 5.41. The van der Waals surface area contributed by atoms with Gasteiger partial charge in [-0.05, 0) is 12.5 Å². The molecule has 1 rings (SSSR count). The number of allylic oxidation sites excluding steroid dienone is 2. The second-order valence-corrected chi connectivity index (χ2v) is 3.65. The summed E-state index contributed by atoms with van der Waals surface area (Å²) in [5, 5.41) is 9.89. The van der Waals surface area contributed by atoms with Crippen molar-refractivity contribution in [1.29, 1.82) is 0 Å². The summed E-state index contributed by atoms with van der Waals surface area (Å²) >= 11 is 0. The predicted octanol–water partition coefficient (Wildman–Crippen LogP) is 1.05. The number of hydrogen-bond acceptors (Lipinski definition) is 6. The number of aliphatic hydroxyl groups is 1. The lowest BCUT2D eigenvalue weighted by Gasteiger charge is -2.12. The first kappa shape index (κ1) is 15.0. The molecule has 0 bridgehead atoms. The molecule has 0 amide bonds. The number of hydrogen-bond donors (Lipinski definition) is 1. The summed E-state index contributed by atoms with van der Waals surface area (Å²) < 4.78 is 14.3. The molecule has 0 saturated carbocycles. The lowest BCUT2D eigenvalue weighted by molar-refractivity contribution is -0.139. The molecule has 1 N–H and O–H groups in total. The maximum Gasteiger partial charge on any atom is 0.342 e. The third kappa shape index (κ3) is 3.96. The molecule has 0 aromatic heterocycles. The smallest absolute Gasteiger partial charge is 0.342 e. The first-order valence-electron chi connectivity index (χ1n) is 5.65. The Morgan fingerprint density at radius 2 is 1.95 bits per heavy atom. The van der Waals surface area contributed by atoms with E-state index in [1.807, 2.05) is 0 Å². The second-order valence-electron chi connectivity index (χ2n) is 3.65. The third-order valence-corrected chi connectivity index (χ3v) is 2.42. The average molecular weight is 268 g/mol. The quantitative estimate of drug-likeness (QED) is 0.754. The molecule has 1 heterocycles. The van der Waals surface area contributed by atoms with Gasteiger partial charge in [0.1, 0.15) is 17.9 Å². The van der Waals surface area contributed by atoms with E-state index in [-0.39, 0.29) is 23.5 Å². The van der Waals surface area contributed by atoms with E-state index in [0.29, 0.717) is 13.0 Å². The van der Waals surface area contributed by atoms with Crippen molar-refractivity contribution < 1.29 is 28.9 Å². The van der Waals surface area contributed by atoms with Gasteiger partial charge >= 0.3 is 11.9 Å². The summed E-state index contributed by atoms with van der Waals surface area (Å²) in [6.45, 7) is 0.225. The minimum absolute atomic E-state index is 0.0754. The van der Waals surface area contributed by atoms with E-state index in [1.165, 1.54) is 13.2 Å². The van der Waals surface area contributed by atoms with Crippen LogP contribution in [0.25, 0.3) is 0 Å². The number of esters is 2. The lowest BCUT2D eigenvalue weighted by atomic mass is 10.0. The van der Waals surface area contributed by atoms with E-state index in [0.717, 1.165) is 7.11 Å². The average Bonchev–Trinajstić information content (AvgIpc) is 2.43. The van der Waals surface area contributed by atoms with E-state index < -0.39 is 11.9 Å². The second kappa shape index (κ2) is 7.38. The molecule has 19 heavy (non-hydrogen) atoms. The summed E-state index contributed by atoms with van der Waals surface area (Å²) in [4.78, 5) is 23.4. The van der Waals surface area contributed by atoms with Gasteiger partial charge in [-0.15, -0.1) is 0 Å². The van der Waals surface area contributed by atoms with E-state index in [4.69, 9.17) is 4.74 Å². The van der Waals surface area contributed by atoms with Crippen molar-refractivity contribution in [3.8, 4) is 0 Å². The number of carbonyl (C=O) groups is 2. The van der Waals surface area contributed by atoms with Gasteiger partial charge in [-0.1, -0.05) is 12.2 Å². The van der Waals surface area contributed by atoms with Crippen LogP contribution in [0.2, 0.25) is 0 Å². The van der Waals surface area contributed by atoms with Gasteiger partial charge in [-0.2, -0.15) is 0 Å². The van der Waals surface area contributed by atoms with Crippen LogP contribution in [-0.2, 0) is 23.8 Å². The van der Waals surface area contributed by atoms with Gasteiger partial charge in [-0.25, -0.2) is 9.59 Å². The lowest BCUT2D eigenvalue weighted by Crippen LogP contribution is -2.19. The van der Waals surface area contributed by atoms with Gasteiger partial charge < -0.3 is 19.3 Å². The molecular formula is C13H16O6. The molecule has 104 valence electrons. The Bertz CT molecular complexity index is 444. The fraction of sp³-hybridized carbons (Fsp3) is 0.385. The molecular weight excluding hydrogens is 252 g/mol. The zero-order chi connectivity index (χ0) is 14.3. The van der Waals surface area contributed by atoms with Gasteiger partial charge in [-0.3, -0.25) is 0 Å². The van der Waals surface area contributed by atoms with Crippen molar-refractivity contribution in [3.05, 3.63) is 35.1 Å². The highest BCUT2D eigenvalue weighted by Gasteiger charge is 2.26. The number of carbonyl (C=O) groups excluding carboxylic acids is 2. The number of ether oxygens (including phenoxy) is 3. The third-order valence-electron chi connectivity index (χ3n) is 2.42. The van der Waals surface area contributed by atoms with Gasteiger partial charge in [0.25, 0.3) is 0 Å². The summed E-state index contributed by atoms with van der Waals surface area (Å²) in [5.74, 6) is -1.93. The predicted molar refractivity (Wildman–Crippen MR) is 66.3 cm³/mol. The number of aliphatic hydroxyl groups excluding tert-OH is 1. The van der Waals surface area contributed by atoms with Gasteiger partial charge in [0, 0.05) is 0 Å². The zero-order valence-electron chi connectivity index (χ0n) is 10.8. The van der Waals surface area contributed by atoms with Crippen molar-refractivity contribution in [2.45, 2.75) is 6.42 Å². The van der Waals surface area contributed by atoms with Crippen molar-refractivity contribution in [2.24, 2.45) is 0 Å². The molecule has 0 aromatic rings. The van der Waals surface area contributed by atoms with Crippen molar-refractivity contribution in [1.82, 2.24) is 0 Å². The maximum absolute atomic E-state index is 11.7. The summed E-state index contributed by atoms with van der Waals surface area (Å²) in [7, 11) is 2.35. The maximum atomic E-state index is 11.7. The standard InChI is InChI=1S/C13H16O6/c1-17-12(15)9-6-4-3-5-7-19-8-10(14)11(9)13(16)18-2/h3-4,6,14H,5,7-8H2,1-2H3. The van der Waals surface area contributed by atoms with Crippen LogP contribution in [0.4, 0.5) is 0 Å². The van der Waals surface area contributed by atoms with Gasteiger partial charge in [0.2, 0.25) is 0 Å². The van der Waals surface area contributed by atoms with Crippen LogP contribution >= 0.6 is 0 Å². The summed E-state index contributed by atoms with van der Waals surface area (Å²) in [5.41, 5.74) is -0.325. The van der Waals surface area contributed by atoms with Crippen molar-refractivity contribution in [3.63, 3.8) is 0 Å². The van der Waals surface area contributed by atoms with Crippen molar-refractivity contribution >= 4 is 11.9 Å². The van der Waals surface area contributed by atoms with E-state index in [9.17, 15) is 14.7 Å². The number of rotatable bonds is 2. The Morgan fingerprint density at radius 3 is 2.58 bits per heavy atom. The Balaban J connectivity index is 3.32. The molecule has 0 saturated heterocycles. The van der Waals surface area contributed by atoms with E-state index >= 15 is 0 Å². The molecule has 0 radical (unpaired) electrons. The van der Waals surface area contributed by atoms with Crippen LogP contribution in [0.5, 0.6) is 0 Å².